The Kier molecular flexibility index (Phi) is 7.29. The topological polar surface area (TPSA) is 97.4 Å². The van der Waals surface area contributed by atoms with Crippen molar-refractivity contribution in [2.75, 3.05) is 17.3 Å². The van der Waals surface area contributed by atoms with E-state index < -0.39 is 19.7 Å². The summed E-state index contributed by atoms with van der Waals surface area (Å²) in [6, 6.07) is 15.7. The number of hydrogen-bond donors (Lipinski definition) is 1. The number of hydrogen-bond acceptors (Lipinski definition) is 5. The summed E-state index contributed by atoms with van der Waals surface area (Å²) >= 11 is 12.9. The monoisotopic (exact) mass is 551 g/mol. The standard InChI is InChI=1S/C25H23Cl2NO5S2/c1-34(30,31)20-10-6-18(7-11-20)25-22(26)13-19(14-23(25)27)28-24(29)12-16-4-8-21(9-5-16)35(32,33)15-17-2-3-17/h4-11,13-14,17H,2-3,12,15H2,1H3,(H,28,29). The van der Waals surface area contributed by atoms with Gasteiger partial charge in [0.25, 0.3) is 0 Å². The van der Waals surface area contributed by atoms with Gasteiger partial charge in [-0.25, -0.2) is 16.8 Å². The molecular formula is C25H23Cl2NO5S2. The molecule has 0 unspecified atom stereocenters. The molecule has 1 N–H and O–H groups in total. The lowest BCUT2D eigenvalue weighted by atomic mass is 10.0. The van der Waals surface area contributed by atoms with Crippen LogP contribution in [0.3, 0.4) is 0 Å². The third-order valence-corrected chi connectivity index (χ3v) is 9.32. The molecule has 184 valence electrons. The first-order valence-electron chi connectivity index (χ1n) is 10.8. The van der Waals surface area contributed by atoms with Gasteiger partial charge in [0.2, 0.25) is 5.91 Å². The third kappa shape index (κ3) is 6.44. The number of carbonyl (C=O) groups excluding carboxylic acids is 1. The molecule has 1 aliphatic carbocycles. The molecule has 10 heteroatoms. The fourth-order valence-electron chi connectivity index (χ4n) is 3.69. The lowest BCUT2D eigenvalue weighted by molar-refractivity contribution is -0.115. The van der Waals surface area contributed by atoms with E-state index in [9.17, 15) is 21.6 Å². The summed E-state index contributed by atoms with van der Waals surface area (Å²) in [5, 5.41) is 3.35. The Bertz CT molecular complexity index is 1460. The van der Waals surface area contributed by atoms with Crippen LogP contribution in [0.15, 0.2) is 70.5 Å². The van der Waals surface area contributed by atoms with Crippen molar-refractivity contribution < 1.29 is 21.6 Å². The van der Waals surface area contributed by atoms with E-state index in [1.165, 1.54) is 24.3 Å². The van der Waals surface area contributed by atoms with E-state index in [-0.39, 0.29) is 33.8 Å². The zero-order valence-electron chi connectivity index (χ0n) is 18.8. The van der Waals surface area contributed by atoms with Crippen molar-refractivity contribution in [3.8, 4) is 11.1 Å². The maximum absolute atomic E-state index is 12.6. The molecule has 0 atom stereocenters. The van der Waals surface area contributed by atoms with Crippen molar-refractivity contribution in [1.82, 2.24) is 0 Å². The van der Waals surface area contributed by atoms with Gasteiger partial charge in [-0.2, -0.15) is 0 Å². The summed E-state index contributed by atoms with van der Waals surface area (Å²) in [6.07, 6.45) is 3.10. The Labute approximate surface area is 215 Å². The van der Waals surface area contributed by atoms with Gasteiger partial charge in [0.05, 0.1) is 32.0 Å². The lowest BCUT2D eigenvalue weighted by Gasteiger charge is -2.12. The minimum Gasteiger partial charge on any atom is -0.326 e. The van der Waals surface area contributed by atoms with Crippen molar-refractivity contribution in [3.63, 3.8) is 0 Å². The van der Waals surface area contributed by atoms with Crippen LogP contribution in [0.2, 0.25) is 10.0 Å². The Balaban J connectivity index is 1.44. The van der Waals surface area contributed by atoms with E-state index in [0.29, 0.717) is 32.4 Å². The van der Waals surface area contributed by atoms with E-state index in [1.807, 2.05) is 0 Å². The summed E-state index contributed by atoms with van der Waals surface area (Å²) in [7, 11) is -6.62. The second kappa shape index (κ2) is 9.93. The largest absolute Gasteiger partial charge is 0.326 e. The molecule has 1 amide bonds. The van der Waals surface area contributed by atoms with Crippen LogP contribution < -0.4 is 5.32 Å². The normalized spacial score (nSPS) is 14.0. The second-order valence-corrected chi connectivity index (χ2v) is 13.6. The lowest BCUT2D eigenvalue weighted by Crippen LogP contribution is -2.14. The average Bonchev–Trinajstić information content (AvgIpc) is 3.56. The van der Waals surface area contributed by atoms with Crippen LogP contribution in [-0.2, 0) is 30.9 Å². The molecule has 0 heterocycles. The quantitative estimate of drug-likeness (QED) is 0.402. The summed E-state index contributed by atoms with van der Waals surface area (Å²) in [5.41, 5.74) is 2.24. The van der Waals surface area contributed by atoms with Gasteiger partial charge in [0, 0.05) is 17.5 Å². The van der Waals surface area contributed by atoms with Crippen LogP contribution >= 0.6 is 23.2 Å². The minimum absolute atomic E-state index is 0.0485. The number of anilines is 1. The molecule has 0 saturated heterocycles. The highest BCUT2D eigenvalue weighted by Gasteiger charge is 2.29. The van der Waals surface area contributed by atoms with Gasteiger partial charge in [0.1, 0.15) is 0 Å². The molecule has 3 aromatic carbocycles. The molecular weight excluding hydrogens is 529 g/mol. The van der Waals surface area contributed by atoms with Crippen LogP contribution in [0.1, 0.15) is 18.4 Å². The molecule has 3 aromatic rings. The van der Waals surface area contributed by atoms with Crippen LogP contribution in [0, 0.1) is 5.92 Å². The fourth-order valence-corrected chi connectivity index (χ4v) is 6.72. The smallest absolute Gasteiger partial charge is 0.228 e. The Hall–Kier alpha value is -2.39. The van der Waals surface area contributed by atoms with Crippen molar-refractivity contribution in [2.45, 2.75) is 29.1 Å². The van der Waals surface area contributed by atoms with E-state index >= 15 is 0 Å². The zero-order valence-corrected chi connectivity index (χ0v) is 21.9. The molecule has 1 aliphatic rings. The second-order valence-electron chi connectivity index (χ2n) is 8.71. The van der Waals surface area contributed by atoms with Crippen molar-refractivity contribution >= 4 is 54.5 Å². The number of amides is 1. The zero-order chi connectivity index (χ0) is 25.4. The number of halogens is 2. The summed E-state index contributed by atoms with van der Waals surface area (Å²) < 4.78 is 48.1. The molecule has 1 fully saturated rings. The van der Waals surface area contributed by atoms with Gasteiger partial charge < -0.3 is 5.32 Å². The van der Waals surface area contributed by atoms with Crippen molar-refractivity contribution in [2.24, 2.45) is 5.92 Å². The van der Waals surface area contributed by atoms with Gasteiger partial charge in [-0.15, -0.1) is 0 Å². The highest BCUT2D eigenvalue weighted by molar-refractivity contribution is 7.91. The van der Waals surface area contributed by atoms with Crippen molar-refractivity contribution in [1.29, 1.82) is 0 Å². The van der Waals surface area contributed by atoms with Crippen LogP contribution in [0.4, 0.5) is 5.69 Å². The SMILES string of the molecule is CS(=O)(=O)c1ccc(-c2c(Cl)cc(NC(=O)Cc3ccc(S(=O)(=O)CC4CC4)cc3)cc2Cl)cc1. The predicted molar refractivity (Wildman–Crippen MR) is 139 cm³/mol. The van der Waals surface area contributed by atoms with E-state index in [1.54, 1.807) is 36.4 Å². The molecule has 0 bridgehead atoms. The predicted octanol–water partition coefficient (Wildman–Crippen LogP) is 5.43. The van der Waals surface area contributed by atoms with Gasteiger partial charge in [-0.1, -0.05) is 47.5 Å². The number of sulfone groups is 2. The Morgan fingerprint density at radius 3 is 1.94 bits per heavy atom. The minimum atomic E-state index is -3.32. The Morgan fingerprint density at radius 1 is 0.886 bits per heavy atom. The molecule has 6 nitrogen and oxygen atoms in total. The molecule has 0 aliphatic heterocycles. The maximum Gasteiger partial charge on any atom is 0.228 e. The molecule has 0 aromatic heterocycles. The summed E-state index contributed by atoms with van der Waals surface area (Å²) in [6.45, 7) is 0. The Morgan fingerprint density at radius 2 is 1.43 bits per heavy atom. The molecule has 35 heavy (non-hydrogen) atoms. The van der Waals surface area contributed by atoms with E-state index in [2.05, 4.69) is 5.32 Å². The molecule has 1 saturated carbocycles. The summed E-state index contributed by atoms with van der Waals surface area (Å²) in [5.74, 6) is 0.130. The van der Waals surface area contributed by atoms with Crippen LogP contribution in [0.25, 0.3) is 11.1 Å². The fraction of sp³-hybridized carbons (Fsp3) is 0.240. The van der Waals surface area contributed by atoms with Gasteiger partial charge in [-0.05, 0) is 66.3 Å². The average molecular weight is 553 g/mol. The molecule has 0 spiro atoms. The maximum atomic E-state index is 12.6. The molecule has 4 rings (SSSR count). The van der Waals surface area contributed by atoms with Crippen LogP contribution in [0.5, 0.6) is 0 Å². The number of carbonyl (C=O) groups is 1. The highest BCUT2D eigenvalue weighted by atomic mass is 35.5. The molecule has 0 radical (unpaired) electrons. The van der Waals surface area contributed by atoms with E-state index in [4.69, 9.17) is 23.2 Å². The van der Waals surface area contributed by atoms with Gasteiger partial charge in [0.15, 0.2) is 19.7 Å². The van der Waals surface area contributed by atoms with Crippen molar-refractivity contribution in [3.05, 3.63) is 76.3 Å². The first kappa shape index (κ1) is 25.7. The first-order valence-corrected chi connectivity index (χ1v) is 15.1. The number of benzene rings is 3. The van der Waals surface area contributed by atoms with Gasteiger partial charge >= 0.3 is 0 Å². The first-order chi connectivity index (χ1) is 16.4. The van der Waals surface area contributed by atoms with Crippen LogP contribution in [-0.4, -0.2) is 34.8 Å². The third-order valence-electron chi connectivity index (χ3n) is 5.70. The van der Waals surface area contributed by atoms with E-state index in [0.717, 1.165) is 19.1 Å². The number of nitrogens with one attached hydrogen (secondary N) is 1. The highest BCUT2D eigenvalue weighted by Crippen LogP contribution is 2.38. The number of rotatable bonds is 8. The summed E-state index contributed by atoms with van der Waals surface area (Å²) in [4.78, 5) is 13.0. The van der Waals surface area contributed by atoms with Gasteiger partial charge in [-0.3, -0.25) is 4.79 Å².